The number of ether oxygens (including phenoxy) is 2. The van der Waals surface area contributed by atoms with E-state index in [1.807, 2.05) is 6.92 Å². The van der Waals surface area contributed by atoms with E-state index in [2.05, 4.69) is 9.46 Å². The average Bonchev–Trinajstić information content (AvgIpc) is 3.31. The van der Waals surface area contributed by atoms with E-state index in [4.69, 9.17) is 9.15 Å². The Balaban J connectivity index is 2.04. The molecule has 0 bridgehead atoms. The van der Waals surface area contributed by atoms with E-state index in [0.717, 1.165) is 12.7 Å². The molecule has 0 fully saturated rings. The van der Waals surface area contributed by atoms with Gasteiger partial charge in [-0.1, -0.05) is 48.0 Å². The number of Topliss-reactive ketones (excluding diaryl/α,β-unsaturated/α-hetero) is 1. The second kappa shape index (κ2) is 9.59. The Labute approximate surface area is 179 Å². The maximum absolute atomic E-state index is 13.2. The van der Waals surface area contributed by atoms with E-state index in [9.17, 15) is 18.0 Å². The molecule has 0 spiro atoms. The van der Waals surface area contributed by atoms with Gasteiger partial charge in [-0.3, -0.25) is 4.79 Å². The van der Waals surface area contributed by atoms with Crippen molar-refractivity contribution in [2.45, 2.75) is 24.0 Å². The van der Waals surface area contributed by atoms with E-state index in [1.54, 1.807) is 30.3 Å². The molecule has 0 unspecified atom stereocenters. The quantitative estimate of drug-likeness (QED) is 0.418. The maximum Gasteiger partial charge on any atom is 0.508 e. The fraction of sp³-hybridized carbons (Fsp3) is 0.182. The predicted molar refractivity (Wildman–Crippen MR) is 111 cm³/mol. The van der Waals surface area contributed by atoms with E-state index < -0.39 is 34.1 Å². The van der Waals surface area contributed by atoms with Crippen molar-refractivity contribution in [1.29, 1.82) is 0 Å². The lowest BCUT2D eigenvalue weighted by atomic mass is 9.99. The fourth-order valence-electron chi connectivity index (χ4n) is 2.88. The van der Waals surface area contributed by atoms with Crippen LogP contribution in [0.4, 0.5) is 4.79 Å². The third-order valence-corrected chi connectivity index (χ3v) is 5.93. The highest BCUT2D eigenvalue weighted by Crippen LogP contribution is 2.26. The molecule has 31 heavy (non-hydrogen) atoms. The topological polar surface area (TPSA) is 112 Å². The lowest BCUT2D eigenvalue weighted by molar-refractivity contribution is 0.0215. The molecule has 1 aromatic heterocycles. The summed E-state index contributed by atoms with van der Waals surface area (Å²) in [6.45, 7) is 1.83. The van der Waals surface area contributed by atoms with E-state index in [0.29, 0.717) is 0 Å². The van der Waals surface area contributed by atoms with Gasteiger partial charge in [0.25, 0.3) is 0 Å². The molecule has 1 heterocycles. The van der Waals surface area contributed by atoms with Crippen LogP contribution in [0.25, 0.3) is 0 Å². The molecule has 0 aliphatic rings. The number of hydrogen-bond acceptors (Lipinski definition) is 7. The minimum atomic E-state index is -4.10. The van der Waals surface area contributed by atoms with Gasteiger partial charge in [-0.15, -0.1) is 0 Å². The molecule has 0 saturated carbocycles. The molecule has 8 nitrogen and oxygen atoms in total. The zero-order chi connectivity index (χ0) is 22.4. The van der Waals surface area contributed by atoms with Crippen LogP contribution in [-0.2, 0) is 19.5 Å². The number of benzene rings is 2. The van der Waals surface area contributed by atoms with Gasteiger partial charge < -0.3 is 13.9 Å². The molecular formula is C22H21NO7S. The second-order valence-corrected chi connectivity index (χ2v) is 8.36. The lowest BCUT2D eigenvalue weighted by Gasteiger charge is -2.25. The molecule has 3 rings (SSSR count). The molecule has 0 radical (unpaired) electrons. The van der Waals surface area contributed by atoms with Crippen LogP contribution in [0.2, 0.25) is 0 Å². The second-order valence-electron chi connectivity index (χ2n) is 6.65. The fourth-order valence-corrected chi connectivity index (χ4v) is 4.09. The molecule has 9 heteroatoms. The molecule has 162 valence electrons. The van der Waals surface area contributed by atoms with Crippen LogP contribution < -0.4 is 4.72 Å². The Bertz CT molecular complexity index is 1120. The summed E-state index contributed by atoms with van der Waals surface area (Å²) in [6.07, 6.45) is -1.40. The van der Waals surface area contributed by atoms with Gasteiger partial charge in [0.2, 0.25) is 15.8 Å². The van der Waals surface area contributed by atoms with Gasteiger partial charge >= 0.3 is 6.16 Å². The molecule has 1 N–H and O–H groups in total. The number of hydrogen-bond donors (Lipinski definition) is 1. The number of rotatable bonds is 8. The third kappa shape index (κ3) is 5.39. The van der Waals surface area contributed by atoms with Crippen molar-refractivity contribution in [2.75, 3.05) is 7.11 Å². The smallest absolute Gasteiger partial charge is 0.467 e. The Morgan fingerprint density at radius 1 is 0.968 bits per heavy atom. The summed E-state index contributed by atoms with van der Waals surface area (Å²) in [5.74, 6) is -0.534. The van der Waals surface area contributed by atoms with Crippen LogP contribution in [0.5, 0.6) is 0 Å². The predicted octanol–water partition coefficient (Wildman–Crippen LogP) is 3.64. The zero-order valence-corrected chi connectivity index (χ0v) is 17.7. The van der Waals surface area contributed by atoms with Crippen LogP contribution >= 0.6 is 0 Å². The van der Waals surface area contributed by atoms with Crippen molar-refractivity contribution in [1.82, 2.24) is 4.72 Å². The number of aryl methyl sites for hydroxylation is 1. The first kappa shape index (κ1) is 22.3. The molecule has 0 saturated heterocycles. The third-order valence-electron chi connectivity index (χ3n) is 4.47. The Hall–Kier alpha value is -3.43. The van der Waals surface area contributed by atoms with Crippen molar-refractivity contribution >= 4 is 22.0 Å². The van der Waals surface area contributed by atoms with Crippen LogP contribution in [0.1, 0.15) is 27.7 Å². The number of furan rings is 1. The van der Waals surface area contributed by atoms with E-state index in [-0.39, 0.29) is 16.2 Å². The van der Waals surface area contributed by atoms with Crippen molar-refractivity contribution in [3.8, 4) is 0 Å². The van der Waals surface area contributed by atoms with Crippen LogP contribution in [-0.4, -0.2) is 33.6 Å². The molecule has 0 aliphatic carbocycles. The van der Waals surface area contributed by atoms with Gasteiger partial charge in [-0.25, -0.2) is 13.2 Å². The Kier molecular flexibility index (Phi) is 6.88. The average molecular weight is 443 g/mol. The van der Waals surface area contributed by atoms with Crippen LogP contribution in [0, 0.1) is 6.92 Å². The number of methoxy groups -OCH3 is 1. The molecule has 3 aromatic rings. The van der Waals surface area contributed by atoms with Crippen molar-refractivity contribution in [3.05, 3.63) is 89.9 Å². The van der Waals surface area contributed by atoms with Gasteiger partial charge in [-0.05, 0) is 31.2 Å². The summed E-state index contributed by atoms with van der Waals surface area (Å²) >= 11 is 0. The normalized spacial score (nSPS) is 13.2. The number of nitrogens with one attached hydrogen (secondary N) is 1. The summed E-state index contributed by atoms with van der Waals surface area (Å²) in [6, 6.07) is 15.9. The number of carbonyl (C=O) groups excluding carboxylic acids is 2. The Morgan fingerprint density at radius 2 is 1.65 bits per heavy atom. The summed E-state index contributed by atoms with van der Waals surface area (Å²) in [5.41, 5.74) is 1.11. The molecule has 0 amide bonds. The highest BCUT2D eigenvalue weighted by Gasteiger charge is 2.39. The SMILES string of the molecule is COC(=O)O[C@H](C(=O)c1ccccc1)[C@H](NS(=O)(=O)c1ccc(C)cc1)c1ccco1. The Morgan fingerprint density at radius 3 is 2.23 bits per heavy atom. The first-order valence-electron chi connectivity index (χ1n) is 9.28. The van der Waals surface area contributed by atoms with Crippen molar-refractivity contribution in [2.24, 2.45) is 0 Å². The summed E-state index contributed by atoms with van der Waals surface area (Å²) in [4.78, 5) is 25.1. The summed E-state index contributed by atoms with van der Waals surface area (Å²) in [5, 5.41) is 0. The zero-order valence-electron chi connectivity index (χ0n) is 16.8. The highest BCUT2D eigenvalue weighted by atomic mass is 32.2. The van der Waals surface area contributed by atoms with E-state index >= 15 is 0 Å². The summed E-state index contributed by atoms with van der Waals surface area (Å²) < 4.78 is 43.6. The molecule has 2 aromatic carbocycles. The van der Waals surface area contributed by atoms with Crippen molar-refractivity contribution in [3.63, 3.8) is 0 Å². The molecule has 0 aliphatic heterocycles. The minimum Gasteiger partial charge on any atom is -0.467 e. The standard InChI is InChI=1S/C22H21NO7S/c1-15-10-12-17(13-11-15)31(26,27)23-19(18-9-6-14-29-18)21(30-22(25)28-2)20(24)16-7-4-3-5-8-16/h3-14,19,21,23H,1-2H3/t19-,21+/m1/s1. The first-order valence-corrected chi connectivity index (χ1v) is 10.8. The number of sulfonamides is 1. The van der Waals surface area contributed by atoms with Gasteiger partial charge in [-0.2, -0.15) is 4.72 Å². The van der Waals surface area contributed by atoms with Crippen LogP contribution in [0.15, 0.2) is 82.3 Å². The minimum absolute atomic E-state index is 0.0152. The molecule has 2 atom stereocenters. The largest absolute Gasteiger partial charge is 0.508 e. The van der Waals surface area contributed by atoms with Gasteiger partial charge in [0, 0.05) is 5.56 Å². The number of ketones is 1. The highest BCUT2D eigenvalue weighted by molar-refractivity contribution is 7.89. The maximum atomic E-state index is 13.2. The lowest BCUT2D eigenvalue weighted by Crippen LogP contribution is -2.43. The van der Waals surface area contributed by atoms with Crippen molar-refractivity contribution < 1.29 is 31.9 Å². The summed E-state index contributed by atoms with van der Waals surface area (Å²) in [7, 11) is -3.01. The van der Waals surface area contributed by atoms with Gasteiger partial charge in [0.15, 0.2) is 6.10 Å². The van der Waals surface area contributed by atoms with Crippen LogP contribution in [0.3, 0.4) is 0 Å². The van der Waals surface area contributed by atoms with E-state index in [1.165, 1.54) is 42.7 Å². The monoisotopic (exact) mass is 443 g/mol. The van der Waals surface area contributed by atoms with Gasteiger partial charge in [0.1, 0.15) is 11.8 Å². The van der Waals surface area contributed by atoms with Gasteiger partial charge in [0.05, 0.1) is 18.3 Å². The number of carbonyl (C=O) groups is 2. The molecular weight excluding hydrogens is 422 g/mol. The first-order chi connectivity index (χ1) is 14.8.